The molecule has 0 aliphatic carbocycles. The zero-order valence-corrected chi connectivity index (χ0v) is 44.5. The Balaban J connectivity index is 1.05. The number of aromatic nitrogens is 1. The molecule has 0 radical (unpaired) electrons. The number of nitrogens with zero attached hydrogens (tertiary/aromatic N) is 5. The molecule has 0 saturated carbocycles. The van der Waals surface area contributed by atoms with Gasteiger partial charge in [-0.25, -0.2) is 4.79 Å². The van der Waals surface area contributed by atoms with E-state index in [1.165, 1.54) is 20.1 Å². The van der Waals surface area contributed by atoms with E-state index in [1.807, 2.05) is 13.1 Å². The van der Waals surface area contributed by atoms with Gasteiger partial charge < -0.3 is 57.1 Å². The van der Waals surface area contributed by atoms with Crippen molar-refractivity contribution in [2.24, 2.45) is 0 Å². The second-order valence-corrected chi connectivity index (χ2v) is 20.6. The van der Waals surface area contributed by atoms with Gasteiger partial charge in [0.05, 0.1) is 71.5 Å². The van der Waals surface area contributed by atoms with E-state index in [4.69, 9.17) is 19.0 Å². The topological polar surface area (TPSA) is 247 Å². The number of hydroxylamine groups is 2. The Morgan fingerprint density at radius 2 is 1.72 bits per heavy atom. The molecular formula is C50H66BF2N8O14S+. The maximum atomic E-state index is 17.2. The summed E-state index contributed by atoms with van der Waals surface area (Å²) in [5, 5.41) is 31.9. The highest BCUT2D eigenvalue weighted by atomic mass is 32.2. The van der Waals surface area contributed by atoms with Gasteiger partial charge in [-0.05, 0) is 87.9 Å². The number of unbranched alkanes of at least 4 members (excludes halogenated alkanes) is 1. The van der Waals surface area contributed by atoms with Gasteiger partial charge in [0.25, 0.3) is 17.5 Å². The molecule has 76 heavy (non-hydrogen) atoms. The minimum absolute atomic E-state index is 0.0204. The van der Waals surface area contributed by atoms with Gasteiger partial charge in [0.15, 0.2) is 22.9 Å². The quantitative estimate of drug-likeness (QED) is 0.0103. The summed E-state index contributed by atoms with van der Waals surface area (Å²) in [6, 6.07) is 12.1. The summed E-state index contributed by atoms with van der Waals surface area (Å²) in [4.78, 5) is 80.6. The Bertz CT molecular complexity index is 2720. The lowest BCUT2D eigenvalue weighted by atomic mass is 9.88. The van der Waals surface area contributed by atoms with Crippen LogP contribution in [-0.2, 0) is 44.5 Å². The van der Waals surface area contributed by atoms with Crippen LogP contribution in [0.3, 0.4) is 0 Å². The third-order valence-electron chi connectivity index (χ3n) is 13.1. The fourth-order valence-electron chi connectivity index (χ4n) is 9.20. The number of aryl methyl sites for hydroxylation is 2. The van der Waals surface area contributed by atoms with Crippen LogP contribution in [0.4, 0.5) is 19.1 Å². The molecule has 3 unspecified atom stereocenters. The third kappa shape index (κ3) is 15.0. The number of methoxy groups -OCH3 is 1. The monoisotopic (exact) mass is 1080 g/mol. The first-order chi connectivity index (χ1) is 36.1. The molecule has 3 aliphatic rings. The molecule has 4 heterocycles. The average molecular weight is 1080 g/mol. The molecule has 3 aromatic rings. The van der Waals surface area contributed by atoms with E-state index in [2.05, 4.69) is 41.1 Å². The molecule has 1 saturated heterocycles. The van der Waals surface area contributed by atoms with Gasteiger partial charge in [-0.3, -0.25) is 39.2 Å². The van der Waals surface area contributed by atoms with Gasteiger partial charge in [0, 0.05) is 66.0 Å². The number of nitro benzene ring substituents is 1. The maximum absolute atomic E-state index is 17.2. The first kappa shape index (κ1) is 58.6. The molecule has 3 aliphatic heterocycles. The van der Waals surface area contributed by atoms with Gasteiger partial charge in [-0.15, -0.1) is 0 Å². The number of likely N-dealkylation sites (N-methyl/N-ethyl adjacent to an activating group) is 1. The first-order valence-corrected chi connectivity index (χ1v) is 25.9. The molecule has 0 bridgehead atoms. The number of nitro groups is 1. The average Bonchev–Trinajstić information content (AvgIpc) is 4.13. The van der Waals surface area contributed by atoms with Crippen LogP contribution in [0.25, 0.3) is 6.08 Å². The van der Waals surface area contributed by atoms with Gasteiger partial charge in [0.1, 0.15) is 25.3 Å². The lowest BCUT2D eigenvalue weighted by molar-refractivity contribution is -0.878. The molecular weight excluding hydrogens is 1020 g/mol. The number of fused-ring (bicyclic) bond motifs is 2. The van der Waals surface area contributed by atoms with Crippen molar-refractivity contribution in [3.8, 4) is 11.5 Å². The van der Waals surface area contributed by atoms with E-state index >= 15 is 8.63 Å². The fraction of sp³-hybridized carbons (Fsp3) is 0.480. The number of halogens is 2. The minimum atomic E-state index is -4.45. The molecule has 0 spiro atoms. The fourth-order valence-corrected chi connectivity index (χ4v) is 9.57. The molecule has 4 amide bonds. The molecule has 26 heteroatoms. The summed E-state index contributed by atoms with van der Waals surface area (Å²) >= 11 is 0.840. The lowest BCUT2D eigenvalue weighted by Gasteiger charge is -2.31. The number of imide groups is 1. The van der Waals surface area contributed by atoms with Crippen molar-refractivity contribution in [2.75, 3.05) is 73.8 Å². The smallest absolute Gasteiger partial charge is 0.691 e. The van der Waals surface area contributed by atoms with Crippen LogP contribution in [0.15, 0.2) is 65.9 Å². The molecule has 2 aromatic carbocycles. The number of allylic oxidation sites excluding steroid dienone is 2. The molecule has 3 N–H and O–H groups in total. The Morgan fingerprint density at radius 1 is 1.00 bits per heavy atom. The van der Waals surface area contributed by atoms with E-state index in [-0.39, 0.29) is 67.5 Å². The molecule has 6 rings (SSSR count). The number of benzene rings is 2. The van der Waals surface area contributed by atoms with Crippen molar-refractivity contribution < 1.29 is 85.1 Å². The van der Waals surface area contributed by atoms with Crippen LogP contribution < -0.4 is 30.3 Å². The summed E-state index contributed by atoms with van der Waals surface area (Å²) in [6.07, 6.45) is 3.17. The number of rotatable bonds is 29. The van der Waals surface area contributed by atoms with E-state index in [0.717, 1.165) is 49.4 Å². The lowest BCUT2D eigenvalue weighted by Crippen LogP contribution is -3.10. The standard InChI is InChI=1S/C50H65BF2N8O14S/c1-33-28-37(57-40(33)31-42-36(16-13-27-76-75-74-69)29-41(58(42)51(57,52)53)35-14-9-8-10-15-35)18-19-46(62)55-39(17-11-12-25-61(4,5)6)49(65)54-22-23-56(3)24-26-71-45-32-43(60(67)68)38(30-44(45)70-7)34(2)72-50(66)73-59-47(63)20-21-48(59)64/h8-10,14-15,28-32,34,39H,11-13,16-27H2,1-7H3,(H2-,54,55,62,65,69)/p+1. The van der Waals surface area contributed by atoms with Crippen molar-refractivity contribution >= 4 is 66.3 Å². The number of ether oxygens (including phenoxy) is 3. The predicted octanol–water partition coefficient (Wildman–Crippen LogP) is 3.67. The van der Waals surface area contributed by atoms with Crippen molar-refractivity contribution in [3.63, 3.8) is 0 Å². The summed E-state index contributed by atoms with van der Waals surface area (Å²) in [7, 11) is 9.38. The predicted molar refractivity (Wildman–Crippen MR) is 272 cm³/mol. The Kier molecular flexibility index (Phi) is 20.3. The van der Waals surface area contributed by atoms with Crippen LogP contribution in [-0.4, -0.2) is 146 Å². The highest BCUT2D eigenvalue weighted by Crippen LogP contribution is 2.41. The second kappa shape index (κ2) is 26.4. The van der Waals surface area contributed by atoms with Crippen LogP contribution in [0, 0.1) is 17.0 Å². The number of nitrogens with one attached hydrogen (secondary N) is 3. The SMILES string of the molecule is COc1cc(C(C)OC(=O)ON2C(=O)CCC2=O)c([N+](=O)[O-])cc1OCC[NH+](C)CCNC(=O)C(CCCC[N+](C)(C)C)NC(=O)CCc1cc(C)c2n1[B-](F)(F)[N+]1=C(c3ccccc3)C=C(CCCSOO[O-])C1=C2. The number of hydrogen-bond donors (Lipinski definition) is 3. The van der Waals surface area contributed by atoms with E-state index in [0.29, 0.717) is 83.4 Å². The summed E-state index contributed by atoms with van der Waals surface area (Å²) < 4.78 is 58.1. The number of amides is 4. The van der Waals surface area contributed by atoms with Crippen LogP contribution in [0.1, 0.15) is 92.5 Å². The zero-order chi connectivity index (χ0) is 55.3. The first-order valence-electron chi connectivity index (χ1n) is 25.0. The highest BCUT2D eigenvalue weighted by molar-refractivity contribution is 7.94. The van der Waals surface area contributed by atoms with Gasteiger partial charge in [0.2, 0.25) is 11.8 Å². The van der Waals surface area contributed by atoms with Crippen LogP contribution >= 0.6 is 12.0 Å². The molecule has 1 aromatic heterocycles. The minimum Gasteiger partial charge on any atom is -0.691 e. The van der Waals surface area contributed by atoms with Gasteiger partial charge >= 0.3 is 13.1 Å². The molecule has 22 nitrogen and oxygen atoms in total. The molecule has 1 fully saturated rings. The summed E-state index contributed by atoms with van der Waals surface area (Å²) in [6.45, 7) is 0.608. The van der Waals surface area contributed by atoms with Crippen molar-refractivity contribution in [2.45, 2.75) is 83.8 Å². The summed E-state index contributed by atoms with van der Waals surface area (Å²) in [5.41, 5.74) is 2.76. The Morgan fingerprint density at radius 3 is 2.39 bits per heavy atom. The van der Waals surface area contributed by atoms with E-state index in [1.54, 1.807) is 49.4 Å². The van der Waals surface area contributed by atoms with Crippen LogP contribution in [0.2, 0.25) is 0 Å². The normalized spacial score (nSPS) is 16.1. The Labute approximate surface area is 443 Å². The second-order valence-electron chi connectivity index (χ2n) is 19.8. The van der Waals surface area contributed by atoms with Gasteiger partial charge in [-0.1, -0.05) is 23.3 Å². The number of quaternary nitrogens is 2. The number of hydrogen-bond acceptors (Lipinski definition) is 15. The summed E-state index contributed by atoms with van der Waals surface area (Å²) in [5.74, 6) is -1.76. The zero-order valence-electron chi connectivity index (χ0n) is 43.7. The third-order valence-corrected chi connectivity index (χ3v) is 13.7. The number of carbonyl (C=O) groups excluding carboxylic acids is 5. The highest BCUT2D eigenvalue weighted by Gasteiger charge is 2.54. The molecule has 3 atom stereocenters. The van der Waals surface area contributed by atoms with E-state index < -0.39 is 53.6 Å². The van der Waals surface area contributed by atoms with E-state index in [9.17, 15) is 39.3 Å². The molecule has 412 valence electrons. The van der Waals surface area contributed by atoms with Crippen molar-refractivity contribution in [1.29, 1.82) is 0 Å². The van der Waals surface area contributed by atoms with Crippen molar-refractivity contribution in [3.05, 3.63) is 104 Å². The largest absolute Gasteiger partial charge is 0.737 e. The van der Waals surface area contributed by atoms with Crippen LogP contribution in [0.5, 0.6) is 11.5 Å². The maximum Gasteiger partial charge on any atom is 0.737 e. The van der Waals surface area contributed by atoms with Gasteiger partial charge in [-0.2, -0.15) is 4.33 Å². The number of carbonyl (C=O) groups is 5. The Hall–Kier alpha value is -6.71. The van der Waals surface area contributed by atoms with Crippen molar-refractivity contribution in [1.82, 2.24) is 20.2 Å².